The predicted octanol–water partition coefficient (Wildman–Crippen LogP) is 4.24. The molecule has 2 aromatic rings. The van der Waals surface area contributed by atoms with Gasteiger partial charge in [0.05, 0.1) is 12.3 Å². The third-order valence-electron chi connectivity index (χ3n) is 3.44. The first-order chi connectivity index (χ1) is 9.26. The van der Waals surface area contributed by atoms with Crippen molar-refractivity contribution in [3.05, 3.63) is 59.0 Å². The maximum atomic E-state index is 5.45. The number of hydrogen-bond acceptors (Lipinski definition) is 2. The first-order valence-electron chi connectivity index (χ1n) is 7.12. The first-order valence-corrected chi connectivity index (χ1v) is 7.12. The van der Waals surface area contributed by atoms with E-state index in [0.717, 1.165) is 18.7 Å². The summed E-state index contributed by atoms with van der Waals surface area (Å²) in [6.07, 6.45) is 4.09. The molecule has 1 unspecified atom stereocenters. The summed E-state index contributed by atoms with van der Waals surface area (Å²) in [4.78, 5) is 0. The topological polar surface area (TPSA) is 25.2 Å². The van der Waals surface area contributed by atoms with Gasteiger partial charge in [0.1, 0.15) is 5.76 Å². The van der Waals surface area contributed by atoms with Gasteiger partial charge in [0.2, 0.25) is 0 Å². The molecule has 2 rings (SSSR count). The van der Waals surface area contributed by atoms with Gasteiger partial charge < -0.3 is 9.73 Å². The molecule has 0 saturated heterocycles. The van der Waals surface area contributed by atoms with Crippen LogP contribution in [0.4, 0.5) is 0 Å². The van der Waals surface area contributed by atoms with Gasteiger partial charge >= 0.3 is 0 Å². The highest BCUT2D eigenvalue weighted by Gasteiger charge is 2.17. The van der Waals surface area contributed by atoms with Crippen LogP contribution in [0.2, 0.25) is 0 Å². The molecule has 0 spiro atoms. The molecule has 1 heterocycles. The molecule has 0 saturated carbocycles. The minimum Gasteiger partial charge on any atom is -0.469 e. The van der Waals surface area contributed by atoms with Gasteiger partial charge in [-0.2, -0.15) is 0 Å². The fraction of sp³-hybridized carbons (Fsp3) is 0.412. The Balaban J connectivity index is 2.33. The Morgan fingerprint density at radius 1 is 1.21 bits per heavy atom. The fourth-order valence-electron chi connectivity index (χ4n) is 2.52. The molecular weight excluding hydrogens is 234 g/mol. The summed E-state index contributed by atoms with van der Waals surface area (Å²) in [5.74, 6) is 0.992. The smallest absolute Gasteiger partial charge is 0.105 e. The van der Waals surface area contributed by atoms with E-state index in [-0.39, 0.29) is 6.04 Å². The molecule has 0 radical (unpaired) electrons. The Bertz CT molecular complexity index is 515. The highest BCUT2D eigenvalue weighted by molar-refractivity contribution is 5.35. The standard InChI is InChI=1S/C17H23NO/c1-4-7-14-8-6-9-15(12-14)17(18-5-2)16-10-11-19-13(16)3/h6,8-12,17-18H,4-5,7H2,1-3H3. The third kappa shape index (κ3) is 3.27. The quantitative estimate of drug-likeness (QED) is 0.837. The summed E-state index contributed by atoms with van der Waals surface area (Å²) in [5, 5.41) is 3.55. The largest absolute Gasteiger partial charge is 0.469 e. The third-order valence-corrected chi connectivity index (χ3v) is 3.44. The lowest BCUT2D eigenvalue weighted by Crippen LogP contribution is -2.22. The Labute approximate surface area is 115 Å². The van der Waals surface area contributed by atoms with E-state index in [0.29, 0.717) is 0 Å². The highest BCUT2D eigenvalue weighted by atomic mass is 16.3. The number of furan rings is 1. The summed E-state index contributed by atoms with van der Waals surface area (Å²) in [7, 11) is 0. The SMILES string of the molecule is CCCc1cccc(C(NCC)c2ccoc2C)c1. The van der Waals surface area contributed by atoms with E-state index in [2.05, 4.69) is 49.5 Å². The van der Waals surface area contributed by atoms with Crippen molar-refractivity contribution in [2.75, 3.05) is 6.54 Å². The molecule has 1 aromatic carbocycles. The molecular formula is C17H23NO. The van der Waals surface area contributed by atoms with Crippen molar-refractivity contribution >= 4 is 0 Å². The minimum absolute atomic E-state index is 0.223. The fourth-order valence-corrected chi connectivity index (χ4v) is 2.52. The zero-order valence-electron chi connectivity index (χ0n) is 12.1. The van der Waals surface area contributed by atoms with Crippen molar-refractivity contribution in [3.63, 3.8) is 0 Å². The van der Waals surface area contributed by atoms with Crippen LogP contribution in [0.5, 0.6) is 0 Å². The zero-order chi connectivity index (χ0) is 13.7. The molecule has 19 heavy (non-hydrogen) atoms. The summed E-state index contributed by atoms with van der Waals surface area (Å²) in [6, 6.07) is 11.1. The van der Waals surface area contributed by atoms with Crippen LogP contribution in [-0.2, 0) is 6.42 Å². The molecule has 0 fully saturated rings. The Kier molecular flexibility index (Phi) is 4.80. The maximum absolute atomic E-state index is 5.45. The van der Waals surface area contributed by atoms with Crippen molar-refractivity contribution in [2.24, 2.45) is 0 Å². The predicted molar refractivity (Wildman–Crippen MR) is 79.4 cm³/mol. The van der Waals surface area contributed by atoms with Gasteiger partial charge in [0, 0.05) is 5.56 Å². The number of nitrogens with one attached hydrogen (secondary N) is 1. The molecule has 0 aliphatic rings. The van der Waals surface area contributed by atoms with Crippen molar-refractivity contribution in [1.82, 2.24) is 5.32 Å². The van der Waals surface area contributed by atoms with Gasteiger partial charge in [-0.05, 0) is 37.1 Å². The molecule has 2 heteroatoms. The van der Waals surface area contributed by atoms with E-state index in [4.69, 9.17) is 4.42 Å². The molecule has 1 aromatic heterocycles. The van der Waals surface area contributed by atoms with E-state index in [9.17, 15) is 0 Å². The lowest BCUT2D eigenvalue weighted by atomic mass is 9.96. The van der Waals surface area contributed by atoms with E-state index in [1.807, 2.05) is 6.92 Å². The van der Waals surface area contributed by atoms with Crippen LogP contribution >= 0.6 is 0 Å². The van der Waals surface area contributed by atoms with E-state index in [1.165, 1.54) is 23.1 Å². The van der Waals surface area contributed by atoms with Gasteiger partial charge in [-0.15, -0.1) is 0 Å². The molecule has 0 amide bonds. The lowest BCUT2D eigenvalue weighted by molar-refractivity contribution is 0.520. The number of rotatable bonds is 6. The second-order valence-electron chi connectivity index (χ2n) is 4.92. The molecule has 0 bridgehead atoms. The molecule has 102 valence electrons. The van der Waals surface area contributed by atoms with Crippen molar-refractivity contribution in [3.8, 4) is 0 Å². The molecule has 0 aliphatic heterocycles. The van der Waals surface area contributed by atoms with Crippen LogP contribution in [0, 0.1) is 6.92 Å². The van der Waals surface area contributed by atoms with Gasteiger partial charge in [0.25, 0.3) is 0 Å². The first kappa shape index (κ1) is 13.9. The van der Waals surface area contributed by atoms with E-state index >= 15 is 0 Å². The highest BCUT2D eigenvalue weighted by Crippen LogP contribution is 2.26. The van der Waals surface area contributed by atoms with Crippen molar-refractivity contribution in [1.29, 1.82) is 0 Å². The van der Waals surface area contributed by atoms with Gasteiger partial charge in [-0.3, -0.25) is 0 Å². The molecule has 1 N–H and O–H groups in total. The molecule has 0 aliphatic carbocycles. The molecule has 1 atom stereocenters. The van der Waals surface area contributed by atoms with Crippen LogP contribution in [0.1, 0.15) is 48.8 Å². The van der Waals surface area contributed by atoms with Crippen molar-refractivity contribution in [2.45, 2.75) is 39.7 Å². The normalized spacial score (nSPS) is 12.6. The van der Waals surface area contributed by atoms with E-state index in [1.54, 1.807) is 6.26 Å². The summed E-state index contributed by atoms with van der Waals surface area (Å²) in [6.45, 7) is 7.32. The van der Waals surface area contributed by atoms with Crippen LogP contribution < -0.4 is 5.32 Å². The van der Waals surface area contributed by atoms with E-state index < -0.39 is 0 Å². The molecule has 2 nitrogen and oxygen atoms in total. The second-order valence-corrected chi connectivity index (χ2v) is 4.92. The second kappa shape index (κ2) is 6.58. The monoisotopic (exact) mass is 257 g/mol. The minimum atomic E-state index is 0.223. The average Bonchev–Trinajstić information content (AvgIpc) is 2.83. The number of hydrogen-bond donors (Lipinski definition) is 1. The summed E-state index contributed by atoms with van der Waals surface area (Å²) in [5.41, 5.74) is 3.96. The Hall–Kier alpha value is -1.54. The van der Waals surface area contributed by atoms with Gasteiger partial charge in [-0.1, -0.05) is 44.5 Å². The van der Waals surface area contributed by atoms with Crippen molar-refractivity contribution < 1.29 is 4.42 Å². The van der Waals surface area contributed by atoms with Crippen LogP contribution in [-0.4, -0.2) is 6.54 Å². The van der Waals surface area contributed by atoms with Gasteiger partial charge in [-0.25, -0.2) is 0 Å². The summed E-state index contributed by atoms with van der Waals surface area (Å²) >= 11 is 0. The average molecular weight is 257 g/mol. The Morgan fingerprint density at radius 2 is 2.05 bits per heavy atom. The van der Waals surface area contributed by atoms with Gasteiger partial charge in [0.15, 0.2) is 0 Å². The summed E-state index contributed by atoms with van der Waals surface area (Å²) < 4.78 is 5.45. The van der Waals surface area contributed by atoms with Crippen LogP contribution in [0.25, 0.3) is 0 Å². The zero-order valence-corrected chi connectivity index (χ0v) is 12.1. The maximum Gasteiger partial charge on any atom is 0.105 e. The lowest BCUT2D eigenvalue weighted by Gasteiger charge is -2.18. The van der Waals surface area contributed by atoms with Crippen LogP contribution in [0.3, 0.4) is 0 Å². The van der Waals surface area contributed by atoms with Crippen LogP contribution in [0.15, 0.2) is 41.0 Å². The number of benzene rings is 1. The number of aryl methyl sites for hydroxylation is 2. The Morgan fingerprint density at radius 3 is 2.68 bits per heavy atom.